The molecule has 2 aromatic heterocycles. The Morgan fingerprint density at radius 2 is 1.90 bits per heavy atom. The second-order valence-corrected chi connectivity index (χ2v) is 11.7. The van der Waals surface area contributed by atoms with Gasteiger partial charge in [-0.25, -0.2) is 8.42 Å². The molecule has 164 valence electrons. The van der Waals surface area contributed by atoms with Crippen LogP contribution in [0, 0.1) is 0 Å². The summed E-state index contributed by atoms with van der Waals surface area (Å²) in [5, 5.41) is 1.93. The molecule has 1 aromatic carbocycles. The van der Waals surface area contributed by atoms with Crippen molar-refractivity contribution in [1.82, 2.24) is 4.31 Å². The van der Waals surface area contributed by atoms with Crippen LogP contribution in [0.15, 0.2) is 52.1 Å². The number of likely N-dealkylation sites (N-methyl/N-ethyl adjacent to an activating group) is 1. The molecular formula is C20H19ClN2O5S3. The molecule has 3 aromatic rings. The molecule has 0 radical (unpaired) electrons. The lowest BCUT2D eigenvalue weighted by atomic mass is 10.2. The summed E-state index contributed by atoms with van der Waals surface area (Å²) >= 11 is 8.36. The van der Waals surface area contributed by atoms with Crippen molar-refractivity contribution in [2.24, 2.45) is 0 Å². The van der Waals surface area contributed by atoms with Gasteiger partial charge in [-0.15, -0.1) is 22.7 Å². The molecule has 1 amide bonds. The van der Waals surface area contributed by atoms with E-state index in [0.29, 0.717) is 41.3 Å². The number of hydrogen-bond donors (Lipinski definition) is 0. The van der Waals surface area contributed by atoms with Gasteiger partial charge in [-0.2, -0.15) is 4.31 Å². The average Bonchev–Trinajstić information content (AvgIpc) is 3.43. The van der Waals surface area contributed by atoms with E-state index in [9.17, 15) is 13.2 Å². The maximum atomic E-state index is 13.3. The van der Waals surface area contributed by atoms with Crippen molar-refractivity contribution in [2.75, 3.05) is 31.7 Å². The molecule has 0 N–H and O–H groups in total. The third kappa shape index (κ3) is 4.88. The first-order valence-electron chi connectivity index (χ1n) is 9.28. The molecule has 0 atom stereocenters. The summed E-state index contributed by atoms with van der Waals surface area (Å²) in [6.07, 6.45) is 0. The van der Waals surface area contributed by atoms with Crippen LogP contribution in [0.3, 0.4) is 0 Å². The number of fused-ring (bicyclic) bond motifs is 1. The minimum absolute atomic E-state index is 0.0944. The lowest BCUT2D eigenvalue weighted by molar-refractivity contribution is -0.118. The van der Waals surface area contributed by atoms with Crippen LogP contribution in [0.4, 0.5) is 5.69 Å². The van der Waals surface area contributed by atoms with Crippen LogP contribution in [0.1, 0.15) is 4.88 Å². The molecule has 0 saturated heterocycles. The normalized spacial score (nSPS) is 13.4. The molecule has 1 aliphatic rings. The van der Waals surface area contributed by atoms with E-state index in [1.807, 2.05) is 17.5 Å². The summed E-state index contributed by atoms with van der Waals surface area (Å²) in [6.45, 7) is 0.895. The molecule has 0 saturated carbocycles. The number of hydrogen-bond acceptors (Lipinski definition) is 7. The Morgan fingerprint density at radius 1 is 1.13 bits per heavy atom. The van der Waals surface area contributed by atoms with Crippen LogP contribution < -0.4 is 14.4 Å². The number of benzene rings is 1. The standard InChI is InChI=1S/C20H19ClN2O5S3/c1-22(31(25,26)20-7-6-18(21)30-20)13-19(24)23(12-15-3-2-10-29-15)14-4-5-16-17(11-14)28-9-8-27-16/h2-7,10-11H,8-9,12-13H2,1H3. The monoisotopic (exact) mass is 498 g/mol. The molecule has 0 aliphatic carbocycles. The molecule has 1 aliphatic heterocycles. The number of sulfonamides is 1. The lowest BCUT2D eigenvalue weighted by Crippen LogP contribution is -2.40. The van der Waals surface area contributed by atoms with Gasteiger partial charge in [-0.05, 0) is 35.7 Å². The minimum Gasteiger partial charge on any atom is -0.486 e. The van der Waals surface area contributed by atoms with Gasteiger partial charge in [0, 0.05) is 23.7 Å². The van der Waals surface area contributed by atoms with Crippen LogP contribution in [0.2, 0.25) is 4.34 Å². The van der Waals surface area contributed by atoms with Gasteiger partial charge in [0.15, 0.2) is 11.5 Å². The van der Waals surface area contributed by atoms with Crippen molar-refractivity contribution in [1.29, 1.82) is 0 Å². The van der Waals surface area contributed by atoms with Gasteiger partial charge in [0.1, 0.15) is 17.4 Å². The van der Waals surface area contributed by atoms with Gasteiger partial charge in [0.25, 0.3) is 10.0 Å². The van der Waals surface area contributed by atoms with Crippen LogP contribution in [0.5, 0.6) is 11.5 Å². The molecule has 3 heterocycles. The quantitative estimate of drug-likeness (QED) is 0.490. The maximum absolute atomic E-state index is 13.3. The number of carbonyl (C=O) groups excluding carboxylic acids is 1. The van der Waals surface area contributed by atoms with E-state index in [4.69, 9.17) is 21.1 Å². The summed E-state index contributed by atoms with van der Waals surface area (Å²) in [5.41, 5.74) is 0.604. The Bertz CT molecular complexity index is 1180. The Hall–Kier alpha value is -2.11. The van der Waals surface area contributed by atoms with Crippen molar-refractivity contribution in [3.8, 4) is 11.5 Å². The molecular weight excluding hydrogens is 480 g/mol. The van der Waals surface area contributed by atoms with Gasteiger partial charge >= 0.3 is 0 Å². The third-order valence-corrected chi connectivity index (χ3v) is 8.97. The minimum atomic E-state index is -3.83. The number of halogens is 1. The fraction of sp³-hybridized carbons (Fsp3) is 0.250. The number of thiophene rings is 2. The first-order chi connectivity index (χ1) is 14.8. The highest BCUT2D eigenvalue weighted by Gasteiger charge is 2.28. The first kappa shape index (κ1) is 22.1. The number of anilines is 1. The van der Waals surface area contributed by atoms with E-state index in [2.05, 4.69) is 0 Å². The number of amides is 1. The van der Waals surface area contributed by atoms with E-state index in [1.165, 1.54) is 30.5 Å². The van der Waals surface area contributed by atoms with Crippen LogP contribution in [-0.2, 0) is 21.4 Å². The highest BCUT2D eigenvalue weighted by Crippen LogP contribution is 2.35. The van der Waals surface area contributed by atoms with Crippen molar-refractivity contribution in [3.63, 3.8) is 0 Å². The Kier molecular flexibility index (Phi) is 6.54. The zero-order valence-corrected chi connectivity index (χ0v) is 19.7. The summed E-state index contributed by atoms with van der Waals surface area (Å²) < 4.78 is 38.4. The first-order valence-corrected chi connectivity index (χ1v) is 12.8. The van der Waals surface area contributed by atoms with Crippen LogP contribution >= 0.6 is 34.3 Å². The second kappa shape index (κ2) is 9.17. The van der Waals surface area contributed by atoms with Crippen LogP contribution in [-0.4, -0.2) is 45.4 Å². The van der Waals surface area contributed by atoms with Crippen LogP contribution in [0.25, 0.3) is 0 Å². The zero-order valence-electron chi connectivity index (χ0n) is 16.5. The third-order valence-electron chi connectivity index (χ3n) is 4.60. The van der Waals surface area contributed by atoms with E-state index in [1.54, 1.807) is 23.1 Å². The molecule has 11 heteroatoms. The van der Waals surface area contributed by atoms with Crippen molar-refractivity contribution in [3.05, 3.63) is 57.1 Å². The van der Waals surface area contributed by atoms with Crippen molar-refractivity contribution >= 4 is 55.9 Å². The van der Waals surface area contributed by atoms with E-state index < -0.39 is 10.0 Å². The van der Waals surface area contributed by atoms with E-state index >= 15 is 0 Å². The summed E-state index contributed by atoms with van der Waals surface area (Å²) in [6, 6.07) is 12.1. The average molecular weight is 499 g/mol. The molecule has 0 bridgehead atoms. The summed E-state index contributed by atoms with van der Waals surface area (Å²) in [5.74, 6) is 0.813. The van der Waals surface area contributed by atoms with Gasteiger partial charge in [0.05, 0.1) is 17.4 Å². The highest BCUT2D eigenvalue weighted by atomic mass is 35.5. The molecule has 31 heavy (non-hydrogen) atoms. The smallest absolute Gasteiger partial charge is 0.252 e. The number of rotatable bonds is 7. The van der Waals surface area contributed by atoms with Gasteiger partial charge in [0.2, 0.25) is 5.91 Å². The van der Waals surface area contributed by atoms with Gasteiger partial charge < -0.3 is 14.4 Å². The second-order valence-electron chi connectivity index (χ2n) is 6.71. The van der Waals surface area contributed by atoms with Crippen molar-refractivity contribution < 1.29 is 22.7 Å². The maximum Gasteiger partial charge on any atom is 0.252 e. The number of carbonyl (C=O) groups is 1. The SMILES string of the molecule is CN(CC(=O)N(Cc1cccs1)c1ccc2c(c1)OCCO2)S(=O)(=O)c1ccc(Cl)s1. The summed E-state index contributed by atoms with van der Waals surface area (Å²) in [7, 11) is -2.44. The molecule has 0 spiro atoms. The summed E-state index contributed by atoms with van der Waals surface area (Å²) in [4.78, 5) is 15.8. The molecule has 4 rings (SSSR count). The largest absolute Gasteiger partial charge is 0.486 e. The lowest BCUT2D eigenvalue weighted by Gasteiger charge is -2.26. The molecule has 0 unspecified atom stereocenters. The molecule has 7 nitrogen and oxygen atoms in total. The fourth-order valence-electron chi connectivity index (χ4n) is 3.03. The molecule has 0 fully saturated rings. The zero-order chi connectivity index (χ0) is 22.0. The fourth-order valence-corrected chi connectivity index (χ4v) is 6.54. The number of nitrogens with zero attached hydrogens (tertiary/aromatic N) is 2. The highest BCUT2D eigenvalue weighted by molar-refractivity contribution is 7.91. The Labute approximate surface area is 193 Å². The Morgan fingerprint density at radius 3 is 2.58 bits per heavy atom. The van der Waals surface area contributed by atoms with E-state index in [0.717, 1.165) is 20.5 Å². The van der Waals surface area contributed by atoms with Gasteiger partial charge in [-0.3, -0.25) is 4.79 Å². The topological polar surface area (TPSA) is 76.2 Å². The number of ether oxygens (including phenoxy) is 2. The van der Waals surface area contributed by atoms with Gasteiger partial charge in [-0.1, -0.05) is 17.7 Å². The predicted octanol–water partition coefficient (Wildman–Crippen LogP) is 4.09. The predicted molar refractivity (Wildman–Crippen MR) is 122 cm³/mol. The van der Waals surface area contributed by atoms with Crippen molar-refractivity contribution in [2.45, 2.75) is 10.8 Å². The van der Waals surface area contributed by atoms with E-state index in [-0.39, 0.29) is 16.7 Å². The Balaban J connectivity index is 1.60.